The zero-order valence-corrected chi connectivity index (χ0v) is 22.2. The number of ether oxygens (including phenoxy) is 3. The van der Waals surface area contributed by atoms with E-state index in [0.717, 1.165) is 12.5 Å². The summed E-state index contributed by atoms with van der Waals surface area (Å²) < 4.78 is 16.5. The van der Waals surface area contributed by atoms with Crippen molar-refractivity contribution in [2.75, 3.05) is 27.4 Å². The topological polar surface area (TPSA) is 193 Å². The molecule has 2 aromatic carbocycles. The molecule has 0 spiro atoms. The number of nitrogen functional groups attached to an aromatic ring is 1. The third-order valence-electron chi connectivity index (χ3n) is 5.45. The molecular weight excluding hydrogens is 510 g/mol. The van der Waals surface area contributed by atoms with Gasteiger partial charge in [-0.1, -0.05) is 12.1 Å². The van der Waals surface area contributed by atoms with Crippen molar-refractivity contribution in [1.82, 2.24) is 15.5 Å². The number of hydrogen-bond acceptors (Lipinski definition) is 8. The number of carbonyl (C=O) groups excluding carboxylic acids is 3. The van der Waals surface area contributed by atoms with Crippen LogP contribution in [0.1, 0.15) is 40.9 Å². The van der Waals surface area contributed by atoms with Crippen molar-refractivity contribution in [3.05, 3.63) is 58.7 Å². The highest BCUT2D eigenvalue weighted by Crippen LogP contribution is 2.29. The summed E-state index contributed by atoms with van der Waals surface area (Å²) >= 11 is 0. The van der Waals surface area contributed by atoms with E-state index in [-0.39, 0.29) is 44.0 Å². The van der Waals surface area contributed by atoms with Crippen LogP contribution in [0, 0.1) is 5.41 Å². The molecule has 0 saturated heterocycles. The molecule has 6 N–H and O–H groups in total. The molecule has 1 atom stereocenters. The number of carbonyl (C=O) groups is 4. The van der Waals surface area contributed by atoms with Crippen LogP contribution in [-0.2, 0) is 32.2 Å². The molecule has 2 aromatic rings. The molecule has 0 radical (unpaired) electrons. The lowest BCUT2D eigenvalue weighted by Crippen LogP contribution is -2.48. The summed E-state index contributed by atoms with van der Waals surface area (Å²) in [7, 11) is 3.03. The SMILES string of the molecule is CC(=O)O.CCOC(C(=O)NCc1ccc(C(=N)N)cc1OCC(=O)NC)N1Cc2cc(OC)ccc2C1=O. The van der Waals surface area contributed by atoms with Gasteiger partial charge >= 0.3 is 0 Å². The van der Waals surface area contributed by atoms with Crippen LogP contribution in [0.3, 0.4) is 0 Å². The maximum Gasteiger partial charge on any atom is 0.300 e. The van der Waals surface area contributed by atoms with E-state index in [9.17, 15) is 14.4 Å². The fourth-order valence-corrected chi connectivity index (χ4v) is 3.59. The van der Waals surface area contributed by atoms with Gasteiger partial charge in [-0.15, -0.1) is 0 Å². The molecule has 210 valence electrons. The molecule has 0 aromatic heterocycles. The largest absolute Gasteiger partial charge is 0.497 e. The van der Waals surface area contributed by atoms with Crippen molar-refractivity contribution in [2.24, 2.45) is 5.73 Å². The zero-order chi connectivity index (χ0) is 29.1. The van der Waals surface area contributed by atoms with Gasteiger partial charge in [-0.2, -0.15) is 0 Å². The summed E-state index contributed by atoms with van der Waals surface area (Å²) in [5.74, 6) is -1.23. The van der Waals surface area contributed by atoms with Gasteiger partial charge in [-0.25, -0.2) is 0 Å². The number of aliphatic carboxylic acids is 1. The Bertz CT molecular complexity index is 1230. The first-order valence-electron chi connectivity index (χ1n) is 11.9. The quantitative estimate of drug-likeness (QED) is 0.202. The monoisotopic (exact) mass is 543 g/mol. The second kappa shape index (κ2) is 14.3. The van der Waals surface area contributed by atoms with Gasteiger partial charge in [0, 0.05) is 50.4 Å². The Labute approximate surface area is 225 Å². The van der Waals surface area contributed by atoms with Crippen LogP contribution in [-0.4, -0.2) is 73.1 Å². The van der Waals surface area contributed by atoms with Gasteiger partial charge < -0.3 is 40.6 Å². The summed E-state index contributed by atoms with van der Waals surface area (Å²) in [6, 6.07) is 9.92. The average Bonchev–Trinajstić information content (AvgIpc) is 3.23. The van der Waals surface area contributed by atoms with Crippen LogP contribution in [0.25, 0.3) is 0 Å². The van der Waals surface area contributed by atoms with Crippen LogP contribution in [0.5, 0.6) is 11.5 Å². The number of nitrogens with zero attached hydrogens (tertiary/aromatic N) is 1. The minimum absolute atomic E-state index is 0.0342. The van der Waals surface area contributed by atoms with E-state index in [4.69, 9.17) is 35.3 Å². The lowest BCUT2D eigenvalue weighted by molar-refractivity contribution is -0.143. The van der Waals surface area contributed by atoms with E-state index in [0.29, 0.717) is 28.2 Å². The fourth-order valence-electron chi connectivity index (χ4n) is 3.59. The van der Waals surface area contributed by atoms with Crippen molar-refractivity contribution in [3.8, 4) is 11.5 Å². The molecule has 0 aliphatic carbocycles. The number of benzene rings is 2. The number of hydrogen-bond donors (Lipinski definition) is 5. The van der Waals surface area contributed by atoms with Crippen LogP contribution in [0.4, 0.5) is 0 Å². The van der Waals surface area contributed by atoms with Crippen molar-refractivity contribution in [3.63, 3.8) is 0 Å². The molecule has 0 fully saturated rings. The molecule has 1 heterocycles. The summed E-state index contributed by atoms with van der Waals surface area (Å²) in [5, 5.41) is 20.3. The zero-order valence-electron chi connectivity index (χ0n) is 22.2. The van der Waals surface area contributed by atoms with Gasteiger partial charge in [0.05, 0.1) is 7.11 Å². The molecular formula is C26H33N5O8. The Balaban J connectivity index is 0.00000124. The molecule has 3 rings (SSSR count). The minimum atomic E-state index is -1.14. The molecule has 13 heteroatoms. The minimum Gasteiger partial charge on any atom is -0.497 e. The number of fused-ring (bicyclic) bond motifs is 1. The lowest BCUT2D eigenvalue weighted by atomic mass is 10.1. The number of nitrogens with two attached hydrogens (primary N) is 1. The number of methoxy groups -OCH3 is 1. The van der Waals surface area contributed by atoms with Crippen molar-refractivity contribution in [1.29, 1.82) is 5.41 Å². The Morgan fingerprint density at radius 2 is 1.90 bits per heavy atom. The van der Waals surface area contributed by atoms with Crippen LogP contribution in [0.15, 0.2) is 36.4 Å². The second-order valence-corrected chi connectivity index (χ2v) is 8.20. The predicted octanol–water partition coefficient (Wildman–Crippen LogP) is 0.830. The van der Waals surface area contributed by atoms with E-state index >= 15 is 0 Å². The van der Waals surface area contributed by atoms with Crippen molar-refractivity contribution in [2.45, 2.75) is 33.2 Å². The van der Waals surface area contributed by atoms with E-state index in [1.165, 1.54) is 18.0 Å². The van der Waals surface area contributed by atoms with E-state index in [2.05, 4.69) is 10.6 Å². The molecule has 1 unspecified atom stereocenters. The third-order valence-corrected chi connectivity index (χ3v) is 5.45. The van der Waals surface area contributed by atoms with Gasteiger partial charge in [0.1, 0.15) is 17.3 Å². The average molecular weight is 544 g/mol. The molecule has 3 amide bonds. The molecule has 39 heavy (non-hydrogen) atoms. The number of carboxylic acid groups (broad SMARTS) is 1. The Hall–Kier alpha value is -4.65. The number of carboxylic acids is 1. The molecule has 0 saturated carbocycles. The van der Waals surface area contributed by atoms with Crippen molar-refractivity contribution >= 4 is 29.5 Å². The van der Waals surface area contributed by atoms with Gasteiger partial charge in [-0.3, -0.25) is 24.6 Å². The Morgan fingerprint density at radius 3 is 2.49 bits per heavy atom. The first-order chi connectivity index (χ1) is 18.5. The smallest absolute Gasteiger partial charge is 0.300 e. The highest BCUT2D eigenvalue weighted by molar-refractivity contribution is 6.01. The molecule has 1 aliphatic rings. The Morgan fingerprint density at radius 1 is 1.21 bits per heavy atom. The number of amidine groups is 1. The summed E-state index contributed by atoms with van der Waals surface area (Å²) in [4.78, 5) is 48.0. The van der Waals surface area contributed by atoms with Gasteiger partial charge in [0.15, 0.2) is 6.61 Å². The number of likely N-dealkylation sites (N-methyl/N-ethyl adjacent to an activating group) is 1. The van der Waals surface area contributed by atoms with Crippen LogP contribution in [0.2, 0.25) is 0 Å². The first-order valence-corrected chi connectivity index (χ1v) is 11.9. The highest BCUT2D eigenvalue weighted by atomic mass is 16.5. The highest BCUT2D eigenvalue weighted by Gasteiger charge is 2.37. The summed E-state index contributed by atoms with van der Waals surface area (Å²) in [6.07, 6.45) is -1.14. The van der Waals surface area contributed by atoms with E-state index < -0.39 is 18.1 Å². The standard InChI is InChI=1S/C24H29N5O6.C2H4O2/c1-4-34-24(29-12-16-9-17(33-3)7-8-18(16)23(29)32)22(31)28-11-15-6-5-14(21(25)26)10-19(15)35-13-20(30)27-2;1-2(3)4/h5-10,24H,4,11-13H2,1-3H3,(H3,25,26)(H,27,30)(H,28,31);1H3,(H,3,4). The number of rotatable bonds is 11. The third kappa shape index (κ3) is 8.43. The van der Waals surface area contributed by atoms with Crippen LogP contribution < -0.4 is 25.8 Å². The van der Waals surface area contributed by atoms with Crippen LogP contribution >= 0.6 is 0 Å². The van der Waals surface area contributed by atoms with Gasteiger partial charge in [0.25, 0.3) is 23.7 Å². The summed E-state index contributed by atoms with van der Waals surface area (Å²) in [6.45, 7) is 3.03. The van der Waals surface area contributed by atoms with Gasteiger partial charge in [0.2, 0.25) is 6.23 Å². The Kier molecular flexibility index (Phi) is 11.2. The normalized spacial score (nSPS) is 12.4. The molecule has 0 bridgehead atoms. The predicted molar refractivity (Wildman–Crippen MR) is 140 cm³/mol. The van der Waals surface area contributed by atoms with Gasteiger partial charge in [-0.05, 0) is 36.8 Å². The lowest BCUT2D eigenvalue weighted by Gasteiger charge is -2.26. The van der Waals surface area contributed by atoms with E-state index in [1.54, 1.807) is 44.4 Å². The van der Waals surface area contributed by atoms with E-state index in [1.807, 2.05) is 0 Å². The van der Waals surface area contributed by atoms with Crippen molar-refractivity contribution < 1.29 is 38.5 Å². The maximum atomic E-state index is 13.1. The molecule has 13 nitrogen and oxygen atoms in total. The number of nitrogens with one attached hydrogen (secondary N) is 3. The first kappa shape index (κ1) is 30.6. The number of amides is 3. The molecule has 1 aliphatic heterocycles. The fraction of sp³-hybridized carbons (Fsp3) is 0.346. The summed E-state index contributed by atoms with van der Waals surface area (Å²) in [5.41, 5.74) is 7.78. The second-order valence-electron chi connectivity index (χ2n) is 8.20. The maximum absolute atomic E-state index is 13.1.